The van der Waals surface area contributed by atoms with Gasteiger partial charge < -0.3 is 21.7 Å². The average molecular weight is 204 g/mol. The summed E-state index contributed by atoms with van der Waals surface area (Å²) in [6.07, 6.45) is -1.90. The van der Waals surface area contributed by atoms with Crippen molar-refractivity contribution in [1.29, 1.82) is 0 Å². The molecule has 0 saturated carbocycles. The zero-order chi connectivity index (χ0) is 11.5. The first-order valence-electron chi connectivity index (χ1n) is 5.16. The molecule has 14 heavy (non-hydrogen) atoms. The summed E-state index contributed by atoms with van der Waals surface area (Å²) in [5.41, 5.74) is 11.5. The van der Waals surface area contributed by atoms with Gasteiger partial charge in [-0.25, -0.2) is 0 Å². The molecule has 6 N–H and O–H groups in total. The lowest BCUT2D eigenvalue weighted by Gasteiger charge is -2.31. The molecule has 0 unspecified atom stereocenters. The monoisotopic (exact) mass is 204 g/mol. The third-order valence-corrected chi connectivity index (χ3v) is 2.68. The van der Waals surface area contributed by atoms with Gasteiger partial charge >= 0.3 is 0 Å². The number of rotatable bonds is 5. The molecule has 4 nitrogen and oxygen atoms in total. The van der Waals surface area contributed by atoms with Gasteiger partial charge in [0.15, 0.2) is 0 Å². The Bertz CT molecular complexity index is 144. The maximum Gasteiger partial charge on any atom is 0.0967 e. The number of hydrogen-bond donors (Lipinski definition) is 4. The van der Waals surface area contributed by atoms with E-state index in [1.54, 1.807) is 0 Å². The summed E-state index contributed by atoms with van der Waals surface area (Å²) in [5, 5.41) is 19.4. The van der Waals surface area contributed by atoms with E-state index in [2.05, 4.69) is 0 Å². The van der Waals surface area contributed by atoms with Crippen LogP contribution in [-0.4, -0.2) is 34.5 Å². The standard InChI is InChI=1S/C10H24N2O2/c1-5(2)7(11)9(13)10(14)8(12)6(3)4/h5-10,13-14H,11-12H2,1-4H3/t7-,8-,9-,10-/m0/s1. The van der Waals surface area contributed by atoms with Crippen LogP contribution in [0.3, 0.4) is 0 Å². The van der Waals surface area contributed by atoms with Crippen LogP contribution < -0.4 is 11.5 Å². The first kappa shape index (κ1) is 13.8. The maximum absolute atomic E-state index is 9.72. The maximum atomic E-state index is 9.72. The van der Waals surface area contributed by atoms with Crippen LogP contribution in [0.2, 0.25) is 0 Å². The molecule has 0 bridgehead atoms. The summed E-state index contributed by atoms with van der Waals surface area (Å²) in [7, 11) is 0. The van der Waals surface area contributed by atoms with Crippen molar-refractivity contribution in [2.45, 2.75) is 52.0 Å². The van der Waals surface area contributed by atoms with E-state index in [0.717, 1.165) is 0 Å². The van der Waals surface area contributed by atoms with E-state index in [9.17, 15) is 10.2 Å². The zero-order valence-electron chi connectivity index (χ0n) is 9.51. The van der Waals surface area contributed by atoms with E-state index in [1.165, 1.54) is 0 Å². The number of nitrogens with two attached hydrogens (primary N) is 2. The molecule has 0 aromatic heterocycles. The Labute approximate surface area is 86.3 Å². The molecular formula is C10H24N2O2. The molecule has 0 aromatic rings. The van der Waals surface area contributed by atoms with Crippen LogP contribution in [0.25, 0.3) is 0 Å². The van der Waals surface area contributed by atoms with Crippen LogP contribution in [-0.2, 0) is 0 Å². The molecule has 0 radical (unpaired) electrons. The SMILES string of the molecule is CC(C)[C@H](N)[C@H](O)[C@@H](O)[C@@H](N)C(C)C. The minimum atomic E-state index is -0.951. The lowest BCUT2D eigenvalue weighted by atomic mass is 9.89. The van der Waals surface area contributed by atoms with E-state index in [1.807, 2.05) is 27.7 Å². The van der Waals surface area contributed by atoms with Crippen LogP contribution in [0, 0.1) is 11.8 Å². The fourth-order valence-corrected chi connectivity index (χ4v) is 1.24. The Morgan fingerprint density at radius 2 is 0.929 bits per heavy atom. The summed E-state index contributed by atoms with van der Waals surface area (Å²) >= 11 is 0. The molecule has 0 saturated heterocycles. The average Bonchev–Trinajstić information content (AvgIpc) is 2.12. The summed E-state index contributed by atoms with van der Waals surface area (Å²) in [5.74, 6) is 0.248. The minimum Gasteiger partial charge on any atom is -0.389 e. The summed E-state index contributed by atoms with van der Waals surface area (Å²) in [6.45, 7) is 7.62. The van der Waals surface area contributed by atoms with Gasteiger partial charge in [0.2, 0.25) is 0 Å². The van der Waals surface area contributed by atoms with Gasteiger partial charge in [-0.15, -0.1) is 0 Å². The fourth-order valence-electron chi connectivity index (χ4n) is 1.24. The highest BCUT2D eigenvalue weighted by Crippen LogP contribution is 2.13. The van der Waals surface area contributed by atoms with E-state index >= 15 is 0 Å². The molecule has 4 atom stereocenters. The second-order valence-corrected chi connectivity index (χ2v) is 4.62. The largest absolute Gasteiger partial charge is 0.389 e. The van der Waals surface area contributed by atoms with Crippen molar-refractivity contribution in [2.75, 3.05) is 0 Å². The second kappa shape index (κ2) is 5.66. The normalized spacial score (nSPS) is 21.0. The van der Waals surface area contributed by atoms with Crippen molar-refractivity contribution in [3.8, 4) is 0 Å². The molecule has 0 spiro atoms. The van der Waals surface area contributed by atoms with Crippen LogP contribution >= 0.6 is 0 Å². The van der Waals surface area contributed by atoms with Crippen molar-refractivity contribution in [3.05, 3.63) is 0 Å². The van der Waals surface area contributed by atoms with Crippen molar-refractivity contribution < 1.29 is 10.2 Å². The molecule has 0 aliphatic rings. The molecule has 0 rings (SSSR count). The molecule has 4 heteroatoms. The predicted octanol–water partition coefficient (Wildman–Crippen LogP) is -0.325. The third-order valence-electron chi connectivity index (χ3n) is 2.68. The van der Waals surface area contributed by atoms with Crippen molar-refractivity contribution in [3.63, 3.8) is 0 Å². The van der Waals surface area contributed by atoms with Crippen LogP contribution in [0.1, 0.15) is 27.7 Å². The highest BCUT2D eigenvalue weighted by Gasteiger charge is 2.31. The van der Waals surface area contributed by atoms with Gasteiger partial charge in [-0.1, -0.05) is 27.7 Å². The number of aliphatic hydroxyl groups is 2. The number of aliphatic hydroxyl groups excluding tert-OH is 2. The fraction of sp³-hybridized carbons (Fsp3) is 1.00. The third kappa shape index (κ3) is 3.53. The summed E-state index contributed by atoms with van der Waals surface area (Å²) in [6, 6.07) is -0.871. The van der Waals surface area contributed by atoms with Gasteiger partial charge in [0.25, 0.3) is 0 Å². The van der Waals surface area contributed by atoms with Gasteiger partial charge in [0.1, 0.15) is 0 Å². The topological polar surface area (TPSA) is 92.5 Å². The Kier molecular flexibility index (Phi) is 5.59. The van der Waals surface area contributed by atoms with Crippen LogP contribution in [0.15, 0.2) is 0 Å². The van der Waals surface area contributed by atoms with Gasteiger partial charge in [-0.3, -0.25) is 0 Å². The van der Waals surface area contributed by atoms with Gasteiger partial charge in [-0.05, 0) is 11.8 Å². The molecule has 86 valence electrons. The smallest absolute Gasteiger partial charge is 0.0967 e. The Morgan fingerprint density at radius 3 is 1.07 bits per heavy atom. The molecule has 0 aliphatic carbocycles. The van der Waals surface area contributed by atoms with E-state index in [0.29, 0.717) is 0 Å². The lowest BCUT2D eigenvalue weighted by molar-refractivity contribution is -0.0255. The summed E-state index contributed by atoms with van der Waals surface area (Å²) in [4.78, 5) is 0. The Hall–Kier alpha value is -0.160. The van der Waals surface area contributed by atoms with E-state index < -0.39 is 24.3 Å². The van der Waals surface area contributed by atoms with Crippen molar-refractivity contribution >= 4 is 0 Å². The van der Waals surface area contributed by atoms with E-state index in [-0.39, 0.29) is 11.8 Å². The quantitative estimate of drug-likeness (QED) is 0.493. The Balaban J connectivity index is 4.30. The number of hydrogen-bond acceptors (Lipinski definition) is 4. The Morgan fingerprint density at radius 1 is 0.714 bits per heavy atom. The molecular weight excluding hydrogens is 180 g/mol. The molecule has 0 aromatic carbocycles. The zero-order valence-corrected chi connectivity index (χ0v) is 9.51. The first-order valence-corrected chi connectivity index (χ1v) is 5.16. The summed E-state index contributed by atoms with van der Waals surface area (Å²) < 4.78 is 0. The van der Waals surface area contributed by atoms with Crippen LogP contribution in [0.4, 0.5) is 0 Å². The van der Waals surface area contributed by atoms with Gasteiger partial charge in [0, 0.05) is 12.1 Å². The highest BCUT2D eigenvalue weighted by molar-refractivity contribution is 4.88. The molecule has 0 aliphatic heterocycles. The van der Waals surface area contributed by atoms with Gasteiger partial charge in [0.05, 0.1) is 12.2 Å². The first-order chi connectivity index (χ1) is 6.29. The van der Waals surface area contributed by atoms with Gasteiger partial charge in [-0.2, -0.15) is 0 Å². The predicted molar refractivity (Wildman–Crippen MR) is 57.6 cm³/mol. The minimum absolute atomic E-state index is 0.124. The second-order valence-electron chi connectivity index (χ2n) is 4.62. The van der Waals surface area contributed by atoms with E-state index in [4.69, 9.17) is 11.5 Å². The molecule has 0 fully saturated rings. The molecule has 0 amide bonds. The lowest BCUT2D eigenvalue weighted by Crippen LogP contribution is -2.54. The molecule has 0 heterocycles. The van der Waals surface area contributed by atoms with Crippen molar-refractivity contribution in [1.82, 2.24) is 0 Å². The van der Waals surface area contributed by atoms with Crippen LogP contribution in [0.5, 0.6) is 0 Å². The van der Waals surface area contributed by atoms with Crippen molar-refractivity contribution in [2.24, 2.45) is 23.3 Å². The highest BCUT2D eigenvalue weighted by atomic mass is 16.3.